The van der Waals surface area contributed by atoms with Gasteiger partial charge < -0.3 is 5.11 Å². The number of aryl methyl sites for hydroxylation is 2. The van der Waals surface area contributed by atoms with Crippen molar-refractivity contribution in [3.05, 3.63) is 33.4 Å². The zero-order valence-electron chi connectivity index (χ0n) is 9.65. The molecule has 0 radical (unpaired) electrons. The number of aliphatic carboxylic acids is 1. The standard InChI is InChI=1S/C11H13N3O3/c1-3-7-4-9-12-6(2)8(5-10(15)16)11(17)14(9)13-7/h4,13H,3,5H2,1-2H3,(H,15,16). The van der Waals surface area contributed by atoms with E-state index in [2.05, 4.69) is 10.1 Å². The van der Waals surface area contributed by atoms with Crippen LogP contribution >= 0.6 is 0 Å². The van der Waals surface area contributed by atoms with Gasteiger partial charge >= 0.3 is 5.97 Å². The molecule has 0 bridgehead atoms. The smallest absolute Gasteiger partial charge is 0.308 e. The number of carbonyl (C=O) groups is 1. The molecule has 6 nitrogen and oxygen atoms in total. The molecule has 90 valence electrons. The third-order valence-corrected chi connectivity index (χ3v) is 2.68. The van der Waals surface area contributed by atoms with Crippen LogP contribution in [0.3, 0.4) is 0 Å². The van der Waals surface area contributed by atoms with Crippen molar-refractivity contribution in [1.29, 1.82) is 0 Å². The Bertz CT molecular complexity index is 639. The maximum absolute atomic E-state index is 12.0. The normalized spacial score (nSPS) is 10.9. The van der Waals surface area contributed by atoms with E-state index in [1.165, 1.54) is 4.52 Å². The van der Waals surface area contributed by atoms with Gasteiger partial charge in [-0.2, -0.15) is 0 Å². The number of hydrogen-bond donors (Lipinski definition) is 2. The molecule has 6 heteroatoms. The molecular weight excluding hydrogens is 222 g/mol. The summed E-state index contributed by atoms with van der Waals surface area (Å²) >= 11 is 0. The predicted molar refractivity (Wildman–Crippen MR) is 61.3 cm³/mol. The van der Waals surface area contributed by atoms with Gasteiger partial charge in [-0.1, -0.05) is 6.92 Å². The van der Waals surface area contributed by atoms with Crippen molar-refractivity contribution in [2.75, 3.05) is 0 Å². The first-order chi connectivity index (χ1) is 8.02. The number of nitrogens with one attached hydrogen (secondary N) is 1. The third kappa shape index (κ3) is 1.93. The fourth-order valence-electron chi connectivity index (χ4n) is 1.76. The van der Waals surface area contributed by atoms with Crippen molar-refractivity contribution in [3.63, 3.8) is 0 Å². The molecular formula is C11H13N3O3. The Hall–Kier alpha value is -2.11. The van der Waals surface area contributed by atoms with Gasteiger partial charge in [0.1, 0.15) is 0 Å². The van der Waals surface area contributed by atoms with Crippen LogP contribution in [0.5, 0.6) is 0 Å². The summed E-state index contributed by atoms with van der Waals surface area (Å²) in [5.41, 5.74) is 1.77. The molecule has 0 saturated carbocycles. The van der Waals surface area contributed by atoms with Crippen LogP contribution < -0.4 is 5.56 Å². The SMILES string of the molecule is CCc1cc2nc(C)c(CC(=O)O)c(=O)n2[nH]1. The third-order valence-electron chi connectivity index (χ3n) is 2.68. The zero-order chi connectivity index (χ0) is 12.6. The second-order valence-corrected chi connectivity index (χ2v) is 3.88. The molecule has 0 fully saturated rings. The van der Waals surface area contributed by atoms with Gasteiger partial charge in [0.05, 0.1) is 12.0 Å². The van der Waals surface area contributed by atoms with Crippen molar-refractivity contribution in [2.45, 2.75) is 26.7 Å². The quantitative estimate of drug-likeness (QED) is 0.811. The highest BCUT2D eigenvalue weighted by Gasteiger charge is 2.14. The lowest BCUT2D eigenvalue weighted by molar-refractivity contribution is -0.136. The first kappa shape index (κ1) is 11.4. The van der Waals surface area contributed by atoms with Gasteiger partial charge in [0.2, 0.25) is 0 Å². The van der Waals surface area contributed by atoms with Crippen LogP contribution in [0.25, 0.3) is 5.65 Å². The van der Waals surface area contributed by atoms with Crippen LogP contribution in [0.4, 0.5) is 0 Å². The van der Waals surface area contributed by atoms with Crippen LogP contribution in [0, 0.1) is 6.92 Å². The van der Waals surface area contributed by atoms with E-state index < -0.39 is 5.97 Å². The van der Waals surface area contributed by atoms with Gasteiger partial charge in [-0.25, -0.2) is 9.50 Å². The molecule has 2 rings (SSSR count). The van der Waals surface area contributed by atoms with E-state index in [-0.39, 0.29) is 17.5 Å². The second-order valence-electron chi connectivity index (χ2n) is 3.88. The summed E-state index contributed by atoms with van der Waals surface area (Å²) in [6.07, 6.45) is 0.456. The van der Waals surface area contributed by atoms with Crippen LogP contribution in [-0.2, 0) is 17.6 Å². The summed E-state index contributed by atoms with van der Waals surface area (Å²) in [6.45, 7) is 3.61. The fraction of sp³-hybridized carbons (Fsp3) is 0.364. The highest BCUT2D eigenvalue weighted by Crippen LogP contribution is 2.06. The Morgan fingerprint density at radius 2 is 2.29 bits per heavy atom. The average Bonchev–Trinajstić information content (AvgIpc) is 2.67. The summed E-state index contributed by atoms with van der Waals surface area (Å²) in [7, 11) is 0. The summed E-state index contributed by atoms with van der Waals surface area (Å²) in [4.78, 5) is 27.0. The largest absolute Gasteiger partial charge is 0.481 e. The monoisotopic (exact) mass is 235 g/mol. The van der Waals surface area contributed by atoms with E-state index in [4.69, 9.17) is 5.11 Å². The first-order valence-corrected chi connectivity index (χ1v) is 5.35. The van der Waals surface area contributed by atoms with Gasteiger partial charge in [0.25, 0.3) is 5.56 Å². The van der Waals surface area contributed by atoms with Crippen molar-refractivity contribution in [3.8, 4) is 0 Å². The maximum atomic E-state index is 12.0. The topological polar surface area (TPSA) is 87.5 Å². The number of carboxylic acids is 1. The molecule has 0 aromatic carbocycles. The van der Waals surface area contributed by atoms with Crippen molar-refractivity contribution < 1.29 is 9.90 Å². The number of nitrogens with zero attached hydrogens (tertiary/aromatic N) is 2. The van der Waals surface area contributed by atoms with Crippen LogP contribution in [0.2, 0.25) is 0 Å². The molecule has 0 atom stereocenters. The molecule has 0 spiro atoms. The van der Waals surface area contributed by atoms with E-state index in [9.17, 15) is 9.59 Å². The van der Waals surface area contributed by atoms with Gasteiger partial charge in [-0.3, -0.25) is 14.7 Å². The van der Waals surface area contributed by atoms with E-state index in [1.54, 1.807) is 13.0 Å². The number of carboxylic acid groups (broad SMARTS) is 1. The minimum absolute atomic E-state index is 0.222. The van der Waals surface area contributed by atoms with Gasteiger partial charge in [-0.15, -0.1) is 0 Å². The van der Waals surface area contributed by atoms with Crippen LogP contribution in [0.1, 0.15) is 23.9 Å². The number of aromatic amines is 1. The van der Waals surface area contributed by atoms with Crippen molar-refractivity contribution in [1.82, 2.24) is 14.6 Å². The summed E-state index contributed by atoms with van der Waals surface area (Å²) in [5, 5.41) is 11.7. The van der Waals surface area contributed by atoms with Crippen molar-refractivity contribution >= 4 is 11.6 Å². The Labute approximate surface area is 96.9 Å². The maximum Gasteiger partial charge on any atom is 0.308 e. The Morgan fingerprint density at radius 1 is 1.59 bits per heavy atom. The first-order valence-electron chi connectivity index (χ1n) is 5.35. The predicted octanol–water partition coefficient (Wildman–Crippen LogP) is 0.521. The number of hydrogen-bond acceptors (Lipinski definition) is 3. The molecule has 0 aliphatic carbocycles. The Kier molecular flexibility index (Phi) is 2.71. The molecule has 2 aromatic heterocycles. The molecule has 0 aliphatic heterocycles. The summed E-state index contributed by atoms with van der Waals surface area (Å²) in [6, 6.07) is 1.79. The highest BCUT2D eigenvalue weighted by atomic mass is 16.4. The zero-order valence-corrected chi connectivity index (χ0v) is 9.65. The number of rotatable bonds is 3. The van der Waals surface area contributed by atoms with E-state index in [0.717, 1.165) is 12.1 Å². The van der Waals surface area contributed by atoms with E-state index in [1.807, 2.05) is 6.92 Å². The van der Waals surface area contributed by atoms with Gasteiger partial charge in [-0.05, 0) is 13.3 Å². The molecule has 2 N–H and O–H groups in total. The van der Waals surface area contributed by atoms with E-state index >= 15 is 0 Å². The van der Waals surface area contributed by atoms with Gasteiger partial charge in [0.15, 0.2) is 5.65 Å². The molecule has 0 amide bonds. The highest BCUT2D eigenvalue weighted by molar-refractivity contribution is 5.70. The lowest BCUT2D eigenvalue weighted by Crippen LogP contribution is -2.23. The molecule has 17 heavy (non-hydrogen) atoms. The number of fused-ring (bicyclic) bond motifs is 1. The fourth-order valence-corrected chi connectivity index (χ4v) is 1.76. The van der Waals surface area contributed by atoms with Crippen molar-refractivity contribution in [2.24, 2.45) is 0 Å². The molecule has 0 unspecified atom stereocenters. The second kappa shape index (κ2) is 4.04. The lowest BCUT2D eigenvalue weighted by Gasteiger charge is -2.02. The average molecular weight is 235 g/mol. The van der Waals surface area contributed by atoms with Crippen LogP contribution in [0.15, 0.2) is 10.9 Å². The molecule has 0 saturated heterocycles. The van der Waals surface area contributed by atoms with Gasteiger partial charge in [0, 0.05) is 17.5 Å². The number of aromatic nitrogens is 3. The molecule has 2 aromatic rings. The Morgan fingerprint density at radius 3 is 2.88 bits per heavy atom. The minimum atomic E-state index is -1.03. The molecule has 0 aliphatic rings. The minimum Gasteiger partial charge on any atom is -0.481 e. The van der Waals surface area contributed by atoms with E-state index in [0.29, 0.717) is 11.3 Å². The summed E-state index contributed by atoms with van der Waals surface area (Å²) < 4.78 is 1.30. The van der Waals surface area contributed by atoms with Crippen LogP contribution in [-0.4, -0.2) is 25.7 Å². The number of H-pyrrole nitrogens is 1. The lowest BCUT2D eigenvalue weighted by atomic mass is 10.2. The molecule has 2 heterocycles. The summed E-state index contributed by atoms with van der Waals surface area (Å²) in [5.74, 6) is -1.03. The Balaban J connectivity index is 2.70.